The Hall–Kier alpha value is -1.08. The zero-order valence-electron chi connectivity index (χ0n) is 17.8. The van der Waals surface area contributed by atoms with Crippen molar-refractivity contribution in [2.75, 3.05) is 18.8 Å². The van der Waals surface area contributed by atoms with E-state index >= 15 is 0 Å². The molecule has 3 fully saturated rings. The Kier molecular flexibility index (Phi) is 5.75. The molecular weight excluding hydrogens is 384 g/mol. The molecule has 1 aromatic rings. The molecule has 0 spiro atoms. The van der Waals surface area contributed by atoms with Gasteiger partial charge in [0.25, 0.3) is 0 Å². The summed E-state index contributed by atoms with van der Waals surface area (Å²) in [6, 6.07) is 5.00. The van der Waals surface area contributed by atoms with Crippen LogP contribution in [-0.2, 0) is 10.2 Å². The third-order valence-electron chi connectivity index (χ3n) is 7.57. The van der Waals surface area contributed by atoms with E-state index in [0.29, 0.717) is 12.8 Å². The van der Waals surface area contributed by atoms with Crippen LogP contribution in [0.4, 0.5) is 0 Å². The van der Waals surface area contributed by atoms with Crippen LogP contribution in [0.25, 0.3) is 0 Å². The minimum atomic E-state index is -1.03. The van der Waals surface area contributed by atoms with Gasteiger partial charge in [0.15, 0.2) is 5.78 Å². The van der Waals surface area contributed by atoms with Gasteiger partial charge in [-0.2, -0.15) is 0 Å². The molecule has 0 radical (unpaired) electrons. The van der Waals surface area contributed by atoms with Crippen LogP contribution in [0.1, 0.15) is 57.1 Å². The van der Waals surface area contributed by atoms with Crippen LogP contribution in [0.15, 0.2) is 18.2 Å². The highest BCUT2D eigenvalue weighted by molar-refractivity contribution is 7.97. The van der Waals surface area contributed by atoms with E-state index in [-0.39, 0.29) is 23.6 Å². The Balaban J connectivity index is 1.76. The van der Waals surface area contributed by atoms with Gasteiger partial charge in [-0.15, -0.1) is 0 Å². The van der Waals surface area contributed by atoms with Crippen molar-refractivity contribution in [3.63, 3.8) is 0 Å². The molecule has 1 saturated heterocycles. The number of hydrogen-bond acceptors (Lipinski definition) is 6. The number of fused-ring (bicyclic) bond motifs is 1. The lowest BCUT2D eigenvalue weighted by Crippen LogP contribution is -2.72. The Morgan fingerprint density at radius 3 is 2.79 bits per heavy atom. The van der Waals surface area contributed by atoms with E-state index < -0.39 is 11.0 Å². The van der Waals surface area contributed by atoms with Crippen molar-refractivity contribution in [1.82, 2.24) is 9.62 Å². The third-order valence-corrected chi connectivity index (χ3v) is 8.31. The molecule has 3 aliphatic rings. The summed E-state index contributed by atoms with van der Waals surface area (Å²) in [5, 5.41) is 22.6. The van der Waals surface area contributed by atoms with E-state index in [1.807, 2.05) is 13.0 Å². The number of ketones is 1. The van der Waals surface area contributed by atoms with Crippen LogP contribution in [0, 0.1) is 12.8 Å². The van der Waals surface area contributed by atoms with Gasteiger partial charge in [-0.25, -0.2) is 0 Å². The van der Waals surface area contributed by atoms with Crippen molar-refractivity contribution in [3.8, 4) is 5.75 Å². The number of piperidine rings is 1. The fourth-order valence-corrected chi connectivity index (χ4v) is 6.24. The number of nitrogens with one attached hydrogen (secondary N) is 1. The fourth-order valence-electron chi connectivity index (χ4n) is 5.66. The first-order valence-corrected chi connectivity index (χ1v) is 12.0. The van der Waals surface area contributed by atoms with Gasteiger partial charge in [-0.3, -0.25) is 14.4 Å². The van der Waals surface area contributed by atoms with Gasteiger partial charge < -0.3 is 10.2 Å². The molecule has 0 aromatic heterocycles. The molecule has 1 aliphatic heterocycles. The van der Waals surface area contributed by atoms with Crippen molar-refractivity contribution in [2.24, 2.45) is 5.92 Å². The van der Waals surface area contributed by atoms with Crippen LogP contribution in [-0.4, -0.2) is 57.4 Å². The lowest BCUT2D eigenvalue weighted by molar-refractivity contribution is -0.168. The van der Waals surface area contributed by atoms with E-state index in [2.05, 4.69) is 23.5 Å². The number of carbonyl (C=O) groups excluding carboxylic acids is 1. The predicted octanol–water partition coefficient (Wildman–Crippen LogP) is 3.16. The number of aliphatic hydroxyl groups is 1. The zero-order chi connectivity index (χ0) is 20.8. The van der Waals surface area contributed by atoms with Gasteiger partial charge in [-0.1, -0.05) is 24.9 Å². The van der Waals surface area contributed by atoms with Crippen molar-refractivity contribution >= 4 is 17.7 Å². The van der Waals surface area contributed by atoms with Crippen molar-refractivity contribution in [1.29, 1.82) is 0 Å². The second-order valence-corrected chi connectivity index (χ2v) is 10.4. The molecule has 2 aliphatic carbocycles. The van der Waals surface area contributed by atoms with Crippen molar-refractivity contribution < 1.29 is 15.0 Å². The van der Waals surface area contributed by atoms with Crippen LogP contribution in [0.5, 0.6) is 5.75 Å². The van der Waals surface area contributed by atoms with Gasteiger partial charge in [0.1, 0.15) is 5.75 Å². The first-order chi connectivity index (χ1) is 13.8. The van der Waals surface area contributed by atoms with E-state index in [0.717, 1.165) is 42.3 Å². The molecule has 4 unspecified atom stereocenters. The van der Waals surface area contributed by atoms with Crippen LogP contribution >= 0.6 is 11.9 Å². The fraction of sp³-hybridized carbons (Fsp3) is 0.696. The molecule has 1 heterocycles. The van der Waals surface area contributed by atoms with E-state index in [1.54, 1.807) is 24.1 Å². The maximum Gasteiger partial charge on any atom is 0.151 e. The third kappa shape index (κ3) is 3.62. The molecule has 5 nitrogen and oxygen atoms in total. The molecule has 6 heteroatoms. The zero-order valence-corrected chi connectivity index (χ0v) is 18.6. The van der Waals surface area contributed by atoms with Gasteiger partial charge in [0, 0.05) is 36.6 Å². The number of nitrogens with zero attached hydrogens (tertiary/aromatic N) is 1. The van der Waals surface area contributed by atoms with E-state index in [4.69, 9.17) is 0 Å². The quantitative estimate of drug-likeness (QED) is 0.617. The predicted molar refractivity (Wildman–Crippen MR) is 117 cm³/mol. The summed E-state index contributed by atoms with van der Waals surface area (Å²) in [6.45, 7) is 8.13. The summed E-state index contributed by atoms with van der Waals surface area (Å²) < 4.78 is 3.30. The number of phenols is 1. The molecule has 160 valence electrons. The monoisotopic (exact) mass is 418 g/mol. The summed E-state index contributed by atoms with van der Waals surface area (Å²) in [5.41, 5.74) is 0.291. The number of aromatic hydroxyl groups is 1. The number of carbonyl (C=O) groups is 1. The summed E-state index contributed by atoms with van der Waals surface area (Å²) >= 11 is 1.54. The van der Waals surface area contributed by atoms with Gasteiger partial charge in [0.05, 0.1) is 11.6 Å². The molecule has 0 amide bonds. The molecule has 0 bridgehead atoms. The average Bonchev–Trinajstić information content (AvgIpc) is 3.50. The molecule has 3 N–H and O–H groups in total. The molecular formula is C23H34N2O3S. The summed E-state index contributed by atoms with van der Waals surface area (Å²) in [5.74, 6) is 2.00. The summed E-state index contributed by atoms with van der Waals surface area (Å²) in [6.07, 6.45) is 4.04. The molecule has 4 rings (SSSR count). The molecule has 29 heavy (non-hydrogen) atoms. The van der Waals surface area contributed by atoms with Gasteiger partial charge >= 0.3 is 0 Å². The second kappa shape index (κ2) is 7.88. The second-order valence-electron chi connectivity index (χ2n) is 9.32. The highest BCUT2D eigenvalue weighted by Crippen LogP contribution is 2.54. The highest BCUT2D eigenvalue weighted by Gasteiger charge is 2.63. The van der Waals surface area contributed by atoms with Crippen LogP contribution < -0.4 is 4.72 Å². The number of rotatable bonds is 6. The molecule has 4 atom stereocenters. The van der Waals surface area contributed by atoms with Gasteiger partial charge in [0.2, 0.25) is 0 Å². The lowest BCUT2D eigenvalue weighted by atomic mass is 9.52. The van der Waals surface area contributed by atoms with E-state index in [1.165, 1.54) is 12.8 Å². The number of benzene rings is 1. The van der Waals surface area contributed by atoms with Crippen molar-refractivity contribution in [2.45, 2.75) is 76.0 Å². The highest BCUT2D eigenvalue weighted by atomic mass is 32.2. The number of likely N-dealkylation sites (tertiary alicyclic amines) is 1. The largest absolute Gasteiger partial charge is 0.508 e. The van der Waals surface area contributed by atoms with E-state index in [9.17, 15) is 15.0 Å². The van der Waals surface area contributed by atoms with Gasteiger partial charge in [-0.05, 0) is 68.8 Å². The van der Waals surface area contributed by atoms with Crippen molar-refractivity contribution in [3.05, 3.63) is 29.3 Å². The Labute approximate surface area is 178 Å². The SMILES string of the molecule is CCSNC1CC2(O)C(C)N(CC3CC3)CCC2(c2cc(O)ccc2C)CC1=O. The normalized spacial score (nSPS) is 35.5. The topological polar surface area (TPSA) is 72.8 Å². The summed E-state index contributed by atoms with van der Waals surface area (Å²) in [4.78, 5) is 15.6. The number of hydrogen-bond donors (Lipinski definition) is 3. The molecule has 2 saturated carbocycles. The standard InChI is InChI=1S/C23H34N2O3S/c1-4-29-24-20-12-23(28)16(3)25(14-17-6-7-17)10-9-22(23,13-21(20)27)19-11-18(26)8-5-15(19)2/h5,8,11,16-17,20,24,26,28H,4,6-7,9-10,12-14H2,1-3H3. The average molecular weight is 419 g/mol. The maximum atomic E-state index is 13.2. The Morgan fingerprint density at radius 1 is 1.34 bits per heavy atom. The van der Waals surface area contributed by atoms with Crippen LogP contribution in [0.2, 0.25) is 0 Å². The lowest BCUT2D eigenvalue weighted by Gasteiger charge is -2.61. The Morgan fingerprint density at radius 2 is 2.10 bits per heavy atom. The number of Topliss-reactive ketones (excluding diaryl/α,β-unsaturated/α-hetero) is 1. The van der Waals surface area contributed by atoms with Crippen LogP contribution in [0.3, 0.4) is 0 Å². The number of aryl methyl sites for hydroxylation is 1. The smallest absolute Gasteiger partial charge is 0.151 e. The first-order valence-electron chi connectivity index (χ1n) is 11.0. The minimum Gasteiger partial charge on any atom is -0.508 e. The molecule has 1 aromatic carbocycles. The first kappa shape index (κ1) is 21.2. The Bertz CT molecular complexity index is 783. The maximum absolute atomic E-state index is 13.2. The number of phenolic OH excluding ortho intramolecular Hbond substituents is 1. The minimum absolute atomic E-state index is 0.0392. The summed E-state index contributed by atoms with van der Waals surface area (Å²) in [7, 11) is 0.